The Morgan fingerprint density at radius 2 is 2.21 bits per heavy atom. The highest BCUT2D eigenvalue weighted by Gasteiger charge is 2.61. The van der Waals surface area contributed by atoms with Crippen LogP contribution in [0.3, 0.4) is 0 Å². The predicted molar refractivity (Wildman–Crippen MR) is 73.0 cm³/mol. The average molecular weight is 255 g/mol. The SMILES string of the molecule is CC1N(c2cccc[n+]2C)C2CC1(C)c1cocc12. The second-order valence-corrected chi connectivity index (χ2v) is 6.13. The number of nitrogens with zero attached hydrogens (tertiary/aromatic N) is 2. The predicted octanol–water partition coefficient (Wildman–Crippen LogP) is 2.72. The van der Waals surface area contributed by atoms with Gasteiger partial charge in [0.2, 0.25) is 0 Å². The summed E-state index contributed by atoms with van der Waals surface area (Å²) in [6, 6.07) is 7.36. The first kappa shape index (κ1) is 11.1. The number of rotatable bonds is 1. The molecule has 3 atom stereocenters. The third kappa shape index (κ3) is 1.20. The summed E-state index contributed by atoms with van der Waals surface area (Å²) in [6.45, 7) is 4.71. The van der Waals surface area contributed by atoms with Crippen molar-refractivity contribution in [1.29, 1.82) is 0 Å². The van der Waals surface area contributed by atoms with Crippen molar-refractivity contribution in [3.05, 3.63) is 48.0 Å². The Labute approximate surface area is 113 Å². The van der Waals surface area contributed by atoms with E-state index in [0.717, 1.165) is 0 Å². The Hall–Kier alpha value is -1.77. The van der Waals surface area contributed by atoms with Gasteiger partial charge in [0.1, 0.15) is 12.1 Å². The van der Waals surface area contributed by atoms with Gasteiger partial charge in [0.05, 0.1) is 25.8 Å². The van der Waals surface area contributed by atoms with Gasteiger partial charge in [-0.15, -0.1) is 0 Å². The molecule has 0 radical (unpaired) electrons. The summed E-state index contributed by atoms with van der Waals surface area (Å²) >= 11 is 0. The molecule has 3 nitrogen and oxygen atoms in total. The average Bonchev–Trinajstić information content (AvgIpc) is 3.02. The highest BCUT2D eigenvalue weighted by Crippen LogP contribution is 2.58. The van der Waals surface area contributed by atoms with Crippen LogP contribution in [-0.4, -0.2) is 6.04 Å². The Morgan fingerprint density at radius 3 is 3.00 bits per heavy atom. The van der Waals surface area contributed by atoms with Crippen LogP contribution in [0.4, 0.5) is 5.82 Å². The Kier molecular flexibility index (Phi) is 1.99. The molecule has 0 N–H and O–H groups in total. The quantitative estimate of drug-likeness (QED) is 0.730. The number of pyridine rings is 1. The largest absolute Gasteiger partial charge is 0.472 e. The van der Waals surface area contributed by atoms with Gasteiger partial charge in [-0.3, -0.25) is 4.90 Å². The van der Waals surface area contributed by atoms with Gasteiger partial charge in [0.25, 0.3) is 5.82 Å². The van der Waals surface area contributed by atoms with E-state index in [9.17, 15) is 0 Å². The van der Waals surface area contributed by atoms with E-state index in [0.29, 0.717) is 12.1 Å². The molecule has 3 heterocycles. The molecule has 0 aromatic carbocycles. The lowest BCUT2D eigenvalue weighted by atomic mass is 9.80. The zero-order valence-corrected chi connectivity index (χ0v) is 11.6. The van der Waals surface area contributed by atoms with Crippen molar-refractivity contribution in [1.82, 2.24) is 0 Å². The summed E-state index contributed by atoms with van der Waals surface area (Å²) < 4.78 is 7.67. The summed E-state index contributed by atoms with van der Waals surface area (Å²) in [5, 5.41) is 0. The molecule has 4 rings (SSSR count). The maximum Gasteiger partial charge on any atom is 0.277 e. The van der Waals surface area contributed by atoms with Gasteiger partial charge in [-0.2, -0.15) is 0 Å². The van der Waals surface area contributed by atoms with Crippen LogP contribution in [0.2, 0.25) is 0 Å². The molecule has 1 fully saturated rings. The molecule has 1 aliphatic heterocycles. The Morgan fingerprint density at radius 1 is 1.37 bits per heavy atom. The standard InChI is InChI=1S/C16H19N2O/c1-11-16(2)8-14(12-9-19-10-13(12)16)18(11)15-6-4-5-7-17(15)3/h4-7,9-11,14H,8H2,1-3H3/q+1. The van der Waals surface area contributed by atoms with Gasteiger partial charge in [-0.05, 0) is 13.0 Å². The number of furan rings is 1. The molecule has 3 unspecified atom stereocenters. The minimum absolute atomic E-state index is 0.218. The zero-order valence-electron chi connectivity index (χ0n) is 11.6. The molecule has 98 valence electrons. The van der Waals surface area contributed by atoms with Crippen LogP contribution in [0.5, 0.6) is 0 Å². The first-order valence-corrected chi connectivity index (χ1v) is 6.92. The van der Waals surface area contributed by atoms with Crippen molar-refractivity contribution in [2.24, 2.45) is 7.05 Å². The maximum absolute atomic E-state index is 5.46. The van der Waals surface area contributed by atoms with Crippen LogP contribution in [-0.2, 0) is 12.5 Å². The number of aromatic nitrogens is 1. The number of aryl methyl sites for hydroxylation is 1. The first-order chi connectivity index (χ1) is 9.13. The van der Waals surface area contributed by atoms with Crippen LogP contribution in [0.1, 0.15) is 37.4 Å². The van der Waals surface area contributed by atoms with Gasteiger partial charge in [-0.25, -0.2) is 4.57 Å². The molecule has 1 aliphatic carbocycles. The molecule has 0 spiro atoms. The topological polar surface area (TPSA) is 20.3 Å². The van der Waals surface area contributed by atoms with E-state index in [1.54, 1.807) is 0 Å². The van der Waals surface area contributed by atoms with Gasteiger partial charge in [-0.1, -0.05) is 13.0 Å². The summed E-state index contributed by atoms with van der Waals surface area (Å²) in [4.78, 5) is 2.55. The lowest BCUT2D eigenvalue weighted by molar-refractivity contribution is -0.659. The number of hydrogen-bond acceptors (Lipinski definition) is 2. The van der Waals surface area contributed by atoms with Crippen molar-refractivity contribution < 1.29 is 8.98 Å². The molecular formula is C16H19N2O+. The third-order valence-corrected chi connectivity index (χ3v) is 5.25. The second kappa shape index (κ2) is 3.41. The van der Waals surface area contributed by atoms with Crippen molar-refractivity contribution in [3.63, 3.8) is 0 Å². The number of hydrogen-bond donors (Lipinski definition) is 0. The van der Waals surface area contributed by atoms with Gasteiger partial charge in [0.15, 0.2) is 0 Å². The van der Waals surface area contributed by atoms with Crippen molar-refractivity contribution >= 4 is 5.82 Å². The molecule has 1 saturated heterocycles. The molecule has 19 heavy (non-hydrogen) atoms. The van der Waals surface area contributed by atoms with Crippen LogP contribution >= 0.6 is 0 Å². The lowest BCUT2D eigenvalue weighted by Crippen LogP contribution is -2.47. The normalized spacial score (nSPS) is 31.8. The van der Waals surface area contributed by atoms with Crippen molar-refractivity contribution in [2.45, 2.75) is 37.8 Å². The van der Waals surface area contributed by atoms with Crippen LogP contribution in [0, 0.1) is 0 Å². The van der Waals surface area contributed by atoms with Crippen LogP contribution in [0.15, 0.2) is 41.3 Å². The maximum atomic E-state index is 5.46. The van der Waals surface area contributed by atoms with Gasteiger partial charge in [0, 0.05) is 29.0 Å². The highest BCUT2D eigenvalue weighted by atomic mass is 16.3. The smallest absolute Gasteiger partial charge is 0.277 e. The molecule has 0 amide bonds. The van der Waals surface area contributed by atoms with Crippen molar-refractivity contribution in [3.8, 4) is 0 Å². The van der Waals surface area contributed by atoms with Crippen LogP contribution in [0.25, 0.3) is 0 Å². The van der Waals surface area contributed by atoms with Gasteiger partial charge >= 0.3 is 0 Å². The highest BCUT2D eigenvalue weighted by molar-refractivity contribution is 5.55. The summed E-state index contributed by atoms with van der Waals surface area (Å²) in [5.74, 6) is 1.29. The minimum Gasteiger partial charge on any atom is -0.472 e. The lowest BCUT2D eigenvalue weighted by Gasteiger charge is -2.33. The van der Waals surface area contributed by atoms with E-state index in [-0.39, 0.29) is 5.41 Å². The van der Waals surface area contributed by atoms with E-state index in [1.165, 1.54) is 23.4 Å². The summed E-state index contributed by atoms with van der Waals surface area (Å²) in [7, 11) is 2.12. The van der Waals surface area contributed by atoms with E-state index >= 15 is 0 Å². The minimum atomic E-state index is 0.218. The molecule has 2 aliphatic rings. The molecule has 2 bridgehead atoms. The summed E-state index contributed by atoms with van der Waals surface area (Å²) in [6.07, 6.45) is 7.21. The van der Waals surface area contributed by atoms with Gasteiger partial charge < -0.3 is 4.42 Å². The molecule has 2 aromatic rings. The summed E-state index contributed by atoms with van der Waals surface area (Å²) in [5.41, 5.74) is 3.01. The van der Waals surface area contributed by atoms with E-state index in [2.05, 4.69) is 54.8 Å². The third-order valence-electron chi connectivity index (χ3n) is 5.25. The molecule has 2 aromatic heterocycles. The second-order valence-electron chi connectivity index (χ2n) is 6.13. The zero-order chi connectivity index (χ0) is 13.2. The molecule has 3 heteroatoms. The fraction of sp³-hybridized carbons (Fsp3) is 0.438. The Balaban J connectivity index is 1.88. The molecular weight excluding hydrogens is 236 g/mol. The monoisotopic (exact) mass is 255 g/mol. The number of fused-ring (bicyclic) bond motifs is 5. The Bertz CT molecular complexity index is 648. The van der Waals surface area contributed by atoms with E-state index in [1.807, 2.05) is 12.5 Å². The fourth-order valence-electron chi connectivity index (χ4n) is 4.01. The van der Waals surface area contributed by atoms with E-state index < -0.39 is 0 Å². The molecule has 0 saturated carbocycles. The first-order valence-electron chi connectivity index (χ1n) is 6.92. The van der Waals surface area contributed by atoms with Crippen molar-refractivity contribution in [2.75, 3.05) is 4.90 Å². The van der Waals surface area contributed by atoms with Crippen LogP contribution < -0.4 is 9.47 Å². The number of anilines is 1. The van der Waals surface area contributed by atoms with E-state index in [4.69, 9.17) is 4.42 Å². The fourth-order valence-corrected chi connectivity index (χ4v) is 4.01.